The second-order valence-electron chi connectivity index (χ2n) is 4.70. The summed E-state index contributed by atoms with van der Waals surface area (Å²) < 4.78 is 0. The quantitative estimate of drug-likeness (QED) is 0.712. The summed E-state index contributed by atoms with van der Waals surface area (Å²) in [4.78, 5) is 0. The van der Waals surface area contributed by atoms with Crippen LogP contribution in [0.1, 0.15) is 30.7 Å². The van der Waals surface area contributed by atoms with Crippen molar-refractivity contribution < 1.29 is 0 Å². The van der Waals surface area contributed by atoms with Gasteiger partial charge in [0.1, 0.15) is 0 Å². The molecule has 3 rings (SSSR count). The van der Waals surface area contributed by atoms with Crippen molar-refractivity contribution in [3.8, 4) is 0 Å². The van der Waals surface area contributed by atoms with E-state index in [1.807, 2.05) is 0 Å². The minimum absolute atomic E-state index is 0.773. The van der Waals surface area contributed by atoms with Crippen molar-refractivity contribution in [3.05, 3.63) is 35.9 Å². The van der Waals surface area contributed by atoms with Crippen LogP contribution in [-0.2, 0) is 0 Å². The number of rotatable bonds is 1. The van der Waals surface area contributed by atoms with Crippen molar-refractivity contribution in [1.29, 1.82) is 0 Å². The van der Waals surface area contributed by atoms with Crippen LogP contribution in [0.4, 0.5) is 0 Å². The highest BCUT2D eigenvalue weighted by Crippen LogP contribution is 2.40. The van der Waals surface area contributed by atoms with Crippen LogP contribution in [0.25, 0.3) is 0 Å². The summed E-state index contributed by atoms with van der Waals surface area (Å²) in [6.45, 7) is 1.19. The molecule has 0 spiro atoms. The molecule has 1 N–H and O–H groups in total. The van der Waals surface area contributed by atoms with Gasteiger partial charge >= 0.3 is 0 Å². The molecule has 3 atom stereocenters. The number of fused-ring (bicyclic) bond motifs is 2. The fraction of sp³-hybridized carbons (Fsp3) is 0.538. The van der Waals surface area contributed by atoms with E-state index in [-0.39, 0.29) is 0 Å². The zero-order valence-electron chi connectivity index (χ0n) is 8.45. The highest BCUT2D eigenvalue weighted by atomic mass is 14.9. The molecule has 0 amide bonds. The van der Waals surface area contributed by atoms with Gasteiger partial charge < -0.3 is 5.32 Å². The number of piperidine rings is 1. The predicted molar refractivity (Wildman–Crippen MR) is 58.3 cm³/mol. The summed E-state index contributed by atoms with van der Waals surface area (Å²) in [5, 5.41) is 3.66. The average Bonchev–Trinajstić information content (AvgIpc) is 2.62. The SMILES string of the molecule is c1ccc([C@@H]2CNC3CCC2C3)cc1. The maximum Gasteiger partial charge on any atom is 0.00702 e. The van der Waals surface area contributed by atoms with Crippen LogP contribution in [0.2, 0.25) is 0 Å². The Hall–Kier alpha value is -0.820. The van der Waals surface area contributed by atoms with Gasteiger partial charge in [-0.05, 0) is 36.7 Å². The molecule has 1 nitrogen and oxygen atoms in total. The molecule has 1 saturated carbocycles. The van der Waals surface area contributed by atoms with E-state index < -0.39 is 0 Å². The van der Waals surface area contributed by atoms with E-state index in [1.54, 1.807) is 0 Å². The second kappa shape index (κ2) is 3.39. The molecule has 14 heavy (non-hydrogen) atoms. The minimum atomic E-state index is 0.773. The Morgan fingerprint density at radius 2 is 1.93 bits per heavy atom. The normalized spacial score (nSPS) is 35.9. The van der Waals surface area contributed by atoms with Crippen molar-refractivity contribution in [1.82, 2.24) is 5.32 Å². The Bertz CT molecular complexity index is 306. The largest absolute Gasteiger partial charge is 0.313 e. The van der Waals surface area contributed by atoms with Gasteiger partial charge in [0.15, 0.2) is 0 Å². The second-order valence-corrected chi connectivity index (χ2v) is 4.70. The third kappa shape index (κ3) is 1.36. The number of nitrogens with one attached hydrogen (secondary N) is 1. The molecule has 1 heterocycles. The summed E-state index contributed by atoms with van der Waals surface area (Å²) in [6, 6.07) is 11.8. The van der Waals surface area contributed by atoms with E-state index in [4.69, 9.17) is 0 Å². The first kappa shape index (κ1) is 8.49. The molecule has 1 saturated heterocycles. The van der Waals surface area contributed by atoms with Crippen LogP contribution in [0.5, 0.6) is 0 Å². The highest BCUT2D eigenvalue weighted by Gasteiger charge is 2.35. The number of hydrogen-bond donors (Lipinski definition) is 1. The predicted octanol–water partition coefficient (Wildman–Crippen LogP) is 2.54. The zero-order valence-corrected chi connectivity index (χ0v) is 8.45. The van der Waals surface area contributed by atoms with Crippen LogP contribution >= 0.6 is 0 Å². The maximum atomic E-state index is 3.66. The molecule has 1 heteroatoms. The van der Waals surface area contributed by atoms with Gasteiger partial charge in [-0.1, -0.05) is 30.3 Å². The smallest absolute Gasteiger partial charge is 0.00702 e. The summed E-state index contributed by atoms with van der Waals surface area (Å²) in [5.41, 5.74) is 1.53. The number of benzene rings is 1. The zero-order chi connectivity index (χ0) is 9.38. The molecule has 2 fully saturated rings. The first-order valence-electron chi connectivity index (χ1n) is 5.72. The minimum Gasteiger partial charge on any atom is -0.313 e. The molecule has 1 aliphatic heterocycles. The van der Waals surface area contributed by atoms with Gasteiger partial charge in [0.2, 0.25) is 0 Å². The lowest BCUT2D eigenvalue weighted by molar-refractivity contribution is 0.341. The van der Waals surface area contributed by atoms with Crippen LogP contribution in [0.15, 0.2) is 30.3 Å². The van der Waals surface area contributed by atoms with Crippen LogP contribution in [0, 0.1) is 5.92 Å². The fourth-order valence-electron chi connectivity index (χ4n) is 3.12. The first-order valence-corrected chi connectivity index (χ1v) is 5.72. The lowest BCUT2D eigenvalue weighted by atomic mass is 9.83. The monoisotopic (exact) mass is 187 g/mol. The average molecular weight is 187 g/mol. The molecule has 0 radical (unpaired) electrons. The molecule has 1 aromatic carbocycles. The Balaban J connectivity index is 1.85. The van der Waals surface area contributed by atoms with E-state index in [0.29, 0.717) is 0 Å². The van der Waals surface area contributed by atoms with Gasteiger partial charge in [0, 0.05) is 12.6 Å². The van der Waals surface area contributed by atoms with Crippen molar-refractivity contribution >= 4 is 0 Å². The molecule has 2 aliphatic rings. The van der Waals surface area contributed by atoms with Crippen molar-refractivity contribution in [2.75, 3.05) is 6.54 Å². The maximum absolute atomic E-state index is 3.66. The Morgan fingerprint density at radius 3 is 2.79 bits per heavy atom. The lowest BCUT2D eigenvalue weighted by Crippen LogP contribution is -2.37. The first-order chi connectivity index (χ1) is 6.93. The van der Waals surface area contributed by atoms with Gasteiger partial charge in [-0.2, -0.15) is 0 Å². The summed E-state index contributed by atoms with van der Waals surface area (Å²) in [7, 11) is 0. The molecule has 0 aromatic heterocycles. The topological polar surface area (TPSA) is 12.0 Å². The molecule has 74 valence electrons. The van der Waals surface area contributed by atoms with E-state index in [1.165, 1.54) is 31.4 Å². The lowest BCUT2D eigenvalue weighted by Gasteiger charge is -2.30. The summed E-state index contributed by atoms with van der Waals surface area (Å²) >= 11 is 0. The van der Waals surface area contributed by atoms with E-state index in [9.17, 15) is 0 Å². The van der Waals surface area contributed by atoms with E-state index in [0.717, 1.165) is 17.9 Å². The van der Waals surface area contributed by atoms with Crippen molar-refractivity contribution in [2.24, 2.45) is 5.92 Å². The Kier molecular flexibility index (Phi) is 2.06. The van der Waals surface area contributed by atoms with Crippen molar-refractivity contribution in [2.45, 2.75) is 31.2 Å². The molecule has 2 bridgehead atoms. The molecule has 2 unspecified atom stereocenters. The van der Waals surface area contributed by atoms with Crippen LogP contribution in [-0.4, -0.2) is 12.6 Å². The third-order valence-electron chi connectivity index (χ3n) is 3.90. The van der Waals surface area contributed by atoms with E-state index >= 15 is 0 Å². The molecular formula is C13H17N. The molecule has 1 aromatic rings. The standard InChI is InChI=1S/C13H17N/c1-2-4-10(5-3-1)13-9-14-12-7-6-11(13)8-12/h1-5,11-14H,6-9H2/t11?,12?,13-/m0/s1. The van der Waals surface area contributed by atoms with E-state index in [2.05, 4.69) is 35.6 Å². The highest BCUT2D eigenvalue weighted by molar-refractivity contribution is 5.22. The van der Waals surface area contributed by atoms with Gasteiger partial charge in [0.05, 0.1) is 0 Å². The van der Waals surface area contributed by atoms with Crippen molar-refractivity contribution in [3.63, 3.8) is 0 Å². The Labute approximate surface area is 85.5 Å². The third-order valence-corrected chi connectivity index (χ3v) is 3.90. The van der Waals surface area contributed by atoms with Crippen LogP contribution < -0.4 is 5.32 Å². The molecule has 1 aliphatic carbocycles. The summed E-state index contributed by atoms with van der Waals surface area (Å²) in [6.07, 6.45) is 4.23. The number of hydrogen-bond acceptors (Lipinski definition) is 1. The van der Waals surface area contributed by atoms with Gasteiger partial charge in [-0.25, -0.2) is 0 Å². The fourth-order valence-corrected chi connectivity index (χ4v) is 3.12. The Morgan fingerprint density at radius 1 is 1.07 bits per heavy atom. The van der Waals surface area contributed by atoms with Gasteiger partial charge in [0.25, 0.3) is 0 Å². The van der Waals surface area contributed by atoms with Gasteiger partial charge in [-0.15, -0.1) is 0 Å². The van der Waals surface area contributed by atoms with Crippen LogP contribution in [0.3, 0.4) is 0 Å². The molecular weight excluding hydrogens is 170 g/mol. The summed E-state index contributed by atoms with van der Waals surface area (Å²) in [5.74, 6) is 1.72. The van der Waals surface area contributed by atoms with Gasteiger partial charge in [-0.3, -0.25) is 0 Å².